The van der Waals surface area contributed by atoms with E-state index in [0.29, 0.717) is 4.21 Å². The summed E-state index contributed by atoms with van der Waals surface area (Å²) in [5.41, 5.74) is 0. The van der Waals surface area contributed by atoms with Crippen LogP contribution in [0.2, 0.25) is 0 Å². The van der Waals surface area contributed by atoms with E-state index >= 15 is 0 Å². The zero-order valence-electron chi connectivity index (χ0n) is 8.81. The first-order chi connectivity index (χ1) is 7.51. The second kappa shape index (κ2) is 4.73. The standard InChI is InChI=1S/C9H13BrN2O2S2/c1-12(7-4-5-11-6-7)16(13,14)9-3-2-8(10)15-9/h2-3,7,11H,4-6H2,1H3. The molecule has 0 spiro atoms. The zero-order chi connectivity index (χ0) is 11.8. The number of likely N-dealkylation sites (N-methyl/N-ethyl adjacent to an activating group) is 1. The van der Waals surface area contributed by atoms with Crippen molar-refractivity contribution < 1.29 is 8.42 Å². The van der Waals surface area contributed by atoms with E-state index in [9.17, 15) is 8.42 Å². The Morgan fingerprint density at radius 2 is 2.31 bits per heavy atom. The second-order valence-corrected chi connectivity index (χ2v) is 8.41. The predicted octanol–water partition coefficient (Wildman–Crippen LogP) is 1.49. The highest BCUT2D eigenvalue weighted by Gasteiger charge is 2.30. The minimum absolute atomic E-state index is 0.0749. The zero-order valence-corrected chi connectivity index (χ0v) is 12.0. The molecule has 0 aromatic carbocycles. The van der Waals surface area contributed by atoms with Gasteiger partial charge in [0.25, 0.3) is 10.0 Å². The number of nitrogens with zero attached hydrogens (tertiary/aromatic N) is 1. The SMILES string of the molecule is CN(C1CCNC1)S(=O)(=O)c1ccc(Br)s1. The lowest BCUT2D eigenvalue weighted by Crippen LogP contribution is -2.37. The van der Waals surface area contributed by atoms with Crippen LogP contribution in [0.1, 0.15) is 6.42 Å². The fourth-order valence-electron chi connectivity index (χ4n) is 1.72. The molecule has 0 bridgehead atoms. The maximum Gasteiger partial charge on any atom is 0.252 e. The van der Waals surface area contributed by atoms with E-state index < -0.39 is 10.0 Å². The molecular weight excluding hydrogens is 312 g/mol. The lowest BCUT2D eigenvalue weighted by molar-refractivity contribution is 0.389. The van der Waals surface area contributed by atoms with Gasteiger partial charge in [0, 0.05) is 19.6 Å². The summed E-state index contributed by atoms with van der Waals surface area (Å²) in [7, 11) is -1.67. The molecule has 0 radical (unpaired) electrons. The van der Waals surface area contributed by atoms with Crippen LogP contribution in [0.25, 0.3) is 0 Å². The van der Waals surface area contributed by atoms with Gasteiger partial charge in [-0.1, -0.05) is 0 Å². The summed E-state index contributed by atoms with van der Waals surface area (Å²) in [5.74, 6) is 0. The molecule has 0 saturated carbocycles. The van der Waals surface area contributed by atoms with Gasteiger partial charge in [0.15, 0.2) is 0 Å². The lowest BCUT2D eigenvalue weighted by Gasteiger charge is -2.22. The number of hydrogen-bond acceptors (Lipinski definition) is 4. The topological polar surface area (TPSA) is 49.4 Å². The van der Waals surface area contributed by atoms with E-state index in [2.05, 4.69) is 21.2 Å². The summed E-state index contributed by atoms with van der Waals surface area (Å²) in [5, 5.41) is 3.17. The number of halogens is 1. The van der Waals surface area contributed by atoms with Crippen molar-refractivity contribution in [3.8, 4) is 0 Å². The molecule has 1 N–H and O–H groups in total. The van der Waals surface area contributed by atoms with Crippen LogP contribution in [0, 0.1) is 0 Å². The predicted molar refractivity (Wildman–Crippen MR) is 68.2 cm³/mol. The van der Waals surface area contributed by atoms with Crippen molar-refractivity contribution >= 4 is 37.3 Å². The van der Waals surface area contributed by atoms with Gasteiger partial charge in [-0.3, -0.25) is 0 Å². The summed E-state index contributed by atoms with van der Waals surface area (Å²) in [6.45, 7) is 1.63. The Morgan fingerprint density at radius 1 is 1.56 bits per heavy atom. The van der Waals surface area contributed by atoms with Crippen molar-refractivity contribution in [3.63, 3.8) is 0 Å². The molecule has 4 nitrogen and oxygen atoms in total. The van der Waals surface area contributed by atoms with Crippen molar-refractivity contribution in [2.45, 2.75) is 16.7 Å². The summed E-state index contributed by atoms with van der Waals surface area (Å²) < 4.78 is 27.2. The number of rotatable bonds is 3. The van der Waals surface area contributed by atoms with Gasteiger partial charge in [0.1, 0.15) is 4.21 Å². The second-order valence-electron chi connectivity index (χ2n) is 3.73. The Hall–Kier alpha value is 0.0500. The molecule has 1 aromatic heterocycles. The molecule has 16 heavy (non-hydrogen) atoms. The Kier molecular flexibility index (Phi) is 3.70. The van der Waals surface area contributed by atoms with Gasteiger partial charge < -0.3 is 5.32 Å². The van der Waals surface area contributed by atoms with Crippen LogP contribution in [-0.2, 0) is 10.0 Å². The van der Waals surface area contributed by atoms with Crippen LogP contribution in [-0.4, -0.2) is 38.9 Å². The molecule has 2 heterocycles. The van der Waals surface area contributed by atoms with Crippen molar-refractivity contribution in [1.29, 1.82) is 0 Å². The van der Waals surface area contributed by atoms with Gasteiger partial charge in [0.2, 0.25) is 0 Å². The van der Waals surface area contributed by atoms with E-state index in [4.69, 9.17) is 0 Å². The first kappa shape index (κ1) is 12.5. The van der Waals surface area contributed by atoms with E-state index in [0.717, 1.165) is 23.3 Å². The molecule has 1 saturated heterocycles. The summed E-state index contributed by atoms with van der Waals surface area (Å²) in [4.78, 5) is 0. The first-order valence-electron chi connectivity index (χ1n) is 4.96. The third-order valence-corrected chi connectivity index (χ3v) is 6.73. The summed E-state index contributed by atoms with van der Waals surface area (Å²) in [6, 6.07) is 3.48. The van der Waals surface area contributed by atoms with Crippen LogP contribution in [0.3, 0.4) is 0 Å². The van der Waals surface area contributed by atoms with E-state index in [1.807, 2.05) is 0 Å². The molecule has 0 aliphatic carbocycles. The van der Waals surface area contributed by atoms with Gasteiger partial charge in [0.05, 0.1) is 3.79 Å². The highest BCUT2D eigenvalue weighted by molar-refractivity contribution is 9.11. The summed E-state index contributed by atoms with van der Waals surface area (Å²) in [6.07, 6.45) is 0.877. The molecule has 1 fully saturated rings. The molecule has 1 unspecified atom stereocenters. The van der Waals surface area contributed by atoms with Crippen LogP contribution >= 0.6 is 27.3 Å². The average molecular weight is 325 g/mol. The van der Waals surface area contributed by atoms with Gasteiger partial charge >= 0.3 is 0 Å². The summed E-state index contributed by atoms with van der Waals surface area (Å²) >= 11 is 4.53. The molecule has 1 aliphatic heterocycles. The van der Waals surface area contributed by atoms with Crippen LogP contribution in [0.15, 0.2) is 20.1 Å². The third-order valence-electron chi connectivity index (χ3n) is 2.73. The quantitative estimate of drug-likeness (QED) is 0.916. The minimum Gasteiger partial charge on any atom is -0.315 e. The van der Waals surface area contributed by atoms with Gasteiger partial charge in [-0.15, -0.1) is 11.3 Å². The Labute approximate surface area is 108 Å². The fraction of sp³-hybridized carbons (Fsp3) is 0.556. The Morgan fingerprint density at radius 3 is 2.81 bits per heavy atom. The maximum atomic E-state index is 12.2. The molecule has 1 aliphatic rings. The lowest BCUT2D eigenvalue weighted by atomic mass is 10.3. The highest BCUT2D eigenvalue weighted by atomic mass is 79.9. The minimum atomic E-state index is -3.32. The molecular formula is C9H13BrN2O2S2. The first-order valence-corrected chi connectivity index (χ1v) is 8.01. The fourth-order valence-corrected chi connectivity index (χ4v) is 5.30. The van der Waals surface area contributed by atoms with Crippen LogP contribution in [0.4, 0.5) is 0 Å². The van der Waals surface area contributed by atoms with Crippen LogP contribution in [0.5, 0.6) is 0 Å². The maximum absolute atomic E-state index is 12.2. The van der Waals surface area contributed by atoms with E-state index in [1.165, 1.54) is 15.6 Å². The molecule has 7 heteroatoms. The monoisotopic (exact) mass is 324 g/mol. The van der Waals surface area contributed by atoms with E-state index in [-0.39, 0.29) is 6.04 Å². The molecule has 1 atom stereocenters. The van der Waals surface area contributed by atoms with Crippen molar-refractivity contribution in [2.75, 3.05) is 20.1 Å². The highest BCUT2D eigenvalue weighted by Crippen LogP contribution is 2.29. The van der Waals surface area contributed by atoms with Crippen LogP contribution < -0.4 is 5.32 Å². The van der Waals surface area contributed by atoms with E-state index in [1.54, 1.807) is 19.2 Å². The third kappa shape index (κ3) is 2.33. The van der Waals surface area contributed by atoms with Gasteiger partial charge in [-0.2, -0.15) is 4.31 Å². The normalized spacial score (nSPS) is 21.8. The molecule has 1 aromatic rings. The molecule has 90 valence electrons. The Bertz CT molecular complexity index is 466. The van der Waals surface area contributed by atoms with Gasteiger partial charge in [-0.25, -0.2) is 8.42 Å². The average Bonchev–Trinajstić information content (AvgIpc) is 2.86. The largest absolute Gasteiger partial charge is 0.315 e. The number of sulfonamides is 1. The van der Waals surface area contributed by atoms with Gasteiger partial charge in [-0.05, 0) is 41.0 Å². The number of nitrogens with one attached hydrogen (secondary N) is 1. The van der Waals surface area contributed by atoms with Crippen molar-refractivity contribution in [3.05, 3.63) is 15.9 Å². The smallest absolute Gasteiger partial charge is 0.252 e. The number of thiophene rings is 1. The van der Waals surface area contributed by atoms with Crippen molar-refractivity contribution in [1.82, 2.24) is 9.62 Å². The molecule has 2 rings (SSSR count). The van der Waals surface area contributed by atoms with Crippen molar-refractivity contribution in [2.24, 2.45) is 0 Å². The molecule has 0 amide bonds. The Balaban J connectivity index is 2.24. The number of hydrogen-bond donors (Lipinski definition) is 1.